The molecular weight excluding hydrogens is 407 g/mol. The molecule has 0 saturated heterocycles. The van der Waals surface area contributed by atoms with Gasteiger partial charge in [-0.25, -0.2) is 4.39 Å². The van der Waals surface area contributed by atoms with Crippen LogP contribution < -0.4 is 0 Å². The van der Waals surface area contributed by atoms with Crippen molar-refractivity contribution in [2.75, 3.05) is 0 Å². The summed E-state index contributed by atoms with van der Waals surface area (Å²) in [6, 6.07) is 18.4. The molecule has 0 saturated carbocycles. The van der Waals surface area contributed by atoms with Gasteiger partial charge in [0, 0.05) is 14.6 Å². The van der Waals surface area contributed by atoms with Crippen molar-refractivity contribution < 1.29 is 4.39 Å². The fourth-order valence-electron chi connectivity index (χ4n) is 1.84. The second kappa shape index (κ2) is 9.34. The van der Waals surface area contributed by atoms with Crippen LogP contribution >= 0.6 is 38.6 Å². The molecule has 0 fully saturated rings. The third kappa shape index (κ3) is 5.58. The minimum absolute atomic E-state index is 0.229. The highest BCUT2D eigenvalue weighted by molar-refractivity contribution is 9.11. The van der Waals surface area contributed by atoms with Crippen molar-refractivity contribution in [2.45, 2.75) is 12.8 Å². The molecular formula is C18H12BrFN2S2. The van der Waals surface area contributed by atoms with Crippen LogP contribution in [-0.4, -0.2) is 0 Å². The summed E-state index contributed by atoms with van der Waals surface area (Å²) in [5, 5.41) is 16.8. The Labute approximate surface area is 156 Å². The Hall–Kier alpha value is -1.99. The van der Waals surface area contributed by atoms with Crippen molar-refractivity contribution in [1.82, 2.24) is 0 Å². The Morgan fingerprint density at radius 3 is 1.96 bits per heavy atom. The van der Waals surface area contributed by atoms with Crippen LogP contribution in [0.15, 0.2) is 52.3 Å². The van der Waals surface area contributed by atoms with E-state index in [1.54, 1.807) is 34.8 Å². The maximum atomic E-state index is 12.7. The number of hydrogen-bond donors (Lipinski definition) is 0. The molecule has 3 aromatic rings. The van der Waals surface area contributed by atoms with Crippen LogP contribution in [0.25, 0.3) is 10.4 Å². The summed E-state index contributed by atoms with van der Waals surface area (Å²) in [6.07, 6.45) is 0.960. The highest BCUT2D eigenvalue weighted by Crippen LogP contribution is 2.28. The minimum Gasteiger partial charge on any atom is -0.207 e. The first-order chi connectivity index (χ1) is 11.6. The van der Waals surface area contributed by atoms with E-state index >= 15 is 0 Å². The lowest BCUT2D eigenvalue weighted by molar-refractivity contribution is 0.628. The molecule has 0 unspecified atom stereocenters. The summed E-state index contributed by atoms with van der Waals surface area (Å²) in [6.45, 7) is 0. The molecule has 2 heterocycles. The van der Waals surface area contributed by atoms with Gasteiger partial charge in [0.15, 0.2) is 0 Å². The van der Waals surface area contributed by atoms with E-state index in [0.717, 1.165) is 24.0 Å². The van der Waals surface area contributed by atoms with Crippen LogP contribution in [0.1, 0.15) is 9.75 Å². The maximum absolute atomic E-state index is 12.7. The molecule has 3 rings (SSSR count). The molecule has 0 aliphatic heterocycles. The molecule has 24 heavy (non-hydrogen) atoms. The third-order valence-corrected chi connectivity index (χ3v) is 5.68. The maximum Gasteiger partial charge on any atom is 0.123 e. The number of benzene rings is 1. The quantitative estimate of drug-likeness (QED) is 0.508. The Balaban J connectivity index is 0.000000198. The molecule has 2 nitrogen and oxygen atoms in total. The molecule has 0 radical (unpaired) electrons. The van der Waals surface area contributed by atoms with E-state index in [1.165, 1.54) is 12.1 Å². The van der Waals surface area contributed by atoms with Gasteiger partial charge in [-0.1, -0.05) is 12.1 Å². The summed E-state index contributed by atoms with van der Waals surface area (Å²) in [5.74, 6) is -0.229. The van der Waals surface area contributed by atoms with Crippen molar-refractivity contribution in [2.24, 2.45) is 0 Å². The van der Waals surface area contributed by atoms with Gasteiger partial charge in [0.1, 0.15) is 5.82 Å². The number of halogens is 2. The number of thiophene rings is 2. The van der Waals surface area contributed by atoms with E-state index in [4.69, 9.17) is 10.5 Å². The lowest BCUT2D eigenvalue weighted by atomic mass is 10.2. The molecule has 2 aromatic heterocycles. The van der Waals surface area contributed by atoms with E-state index < -0.39 is 0 Å². The second-order valence-corrected chi connectivity index (χ2v) is 8.36. The smallest absolute Gasteiger partial charge is 0.123 e. The largest absolute Gasteiger partial charge is 0.207 e. The van der Waals surface area contributed by atoms with Crippen LogP contribution in [0.3, 0.4) is 0 Å². The van der Waals surface area contributed by atoms with Crippen molar-refractivity contribution in [3.8, 4) is 22.6 Å². The van der Waals surface area contributed by atoms with Crippen LogP contribution in [0.4, 0.5) is 4.39 Å². The van der Waals surface area contributed by atoms with Gasteiger partial charge in [0.25, 0.3) is 0 Å². The normalized spacial score (nSPS) is 9.50. The molecule has 0 N–H and O–H groups in total. The fraction of sp³-hybridized carbons (Fsp3) is 0.111. The molecule has 6 heteroatoms. The first kappa shape index (κ1) is 18.4. The monoisotopic (exact) mass is 418 g/mol. The van der Waals surface area contributed by atoms with Crippen molar-refractivity contribution in [1.29, 1.82) is 10.5 Å². The first-order valence-electron chi connectivity index (χ1n) is 6.95. The Morgan fingerprint density at radius 1 is 0.833 bits per heavy atom. The molecule has 0 bridgehead atoms. The number of rotatable bonds is 3. The average molecular weight is 419 g/mol. The number of nitrogens with zero attached hydrogens (tertiary/aromatic N) is 2. The lowest BCUT2D eigenvalue weighted by Gasteiger charge is -1.95. The zero-order valence-corrected chi connectivity index (χ0v) is 15.7. The van der Waals surface area contributed by atoms with E-state index in [0.29, 0.717) is 12.8 Å². The fourth-order valence-corrected chi connectivity index (χ4v) is 4.21. The van der Waals surface area contributed by atoms with E-state index in [9.17, 15) is 4.39 Å². The molecule has 0 aliphatic rings. The van der Waals surface area contributed by atoms with Gasteiger partial charge in [-0.05, 0) is 57.9 Å². The number of nitriles is 2. The van der Waals surface area contributed by atoms with Gasteiger partial charge in [-0.15, -0.1) is 22.7 Å². The van der Waals surface area contributed by atoms with E-state index in [1.807, 2.05) is 24.3 Å². The molecule has 1 aromatic carbocycles. The van der Waals surface area contributed by atoms with Gasteiger partial charge >= 0.3 is 0 Å². The summed E-state index contributed by atoms with van der Waals surface area (Å²) in [5.41, 5.74) is 0.991. The second-order valence-electron chi connectivity index (χ2n) is 4.65. The minimum atomic E-state index is -0.229. The van der Waals surface area contributed by atoms with Gasteiger partial charge < -0.3 is 0 Å². The van der Waals surface area contributed by atoms with Crippen molar-refractivity contribution >= 4 is 38.6 Å². The van der Waals surface area contributed by atoms with E-state index in [-0.39, 0.29) is 5.82 Å². The van der Waals surface area contributed by atoms with Gasteiger partial charge in [-0.3, -0.25) is 0 Å². The van der Waals surface area contributed by atoms with E-state index in [2.05, 4.69) is 28.1 Å². The zero-order valence-electron chi connectivity index (χ0n) is 12.5. The Bertz CT molecular complexity index is 870. The zero-order chi connectivity index (χ0) is 17.4. The standard InChI is InChI=1S/C12H8FNS.C6H4BrNS/c13-10-3-1-9(2-4-10)12-6-5-11(15-12)7-8-14;7-6-2-1-5(9-6)3-4-8/h1-6H,7H2;1-2H,3H2. The van der Waals surface area contributed by atoms with Gasteiger partial charge in [0.2, 0.25) is 0 Å². The molecule has 0 atom stereocenters. The summed E-state index contributed by atoms with van der Waals surface area (Å²) in [4.78, 5) is 3.22. The SMILES string of the molecule is N#CCc1ccc(-c2ccc(F)cc2)s1.N#CCc1ccc(Br)s1. The molecule has 0 spiro atoms. The highest BCUT2D eigenvalue weighted by Gasteiger charge is 2.02. The van der Waals surface area contributed by atoms with Gasteiger partial charge in [0.05, 0.1) is 28.8 Å². The predicted octanol–water partition coefficient (Wildman–Crippen LogP) is 6.20. The van der Waals surface area contributed by atoms with Crippen molar-refractivity contribution in [3.05, 3.63) is 67.9 Å². The lowest BCUT2D eigenvalue weighted by Crippen LogP contribution is -1.74. The summed E-state index contributed by atoms with van der Waals surface area (Å²) >= 11 is 6.49. The molecule has 0 aliphatic carbocycles. The van der Waals surface area contributed by atoms with Crippen LogP contribution in [0.5, 0.6) is 0 Å². The highest BCUT2D eigenvalue weighted by atomic mass is 79.9. The summed E-state index contributed by atoms with van der Waals surface area (Å²) in [7, 11) is 0. The third-order valence-electron chi connectivity index (χ3n) is 2.93. The Morgan fingerprint density at radius 2 is 1.42 bits per heavy atom. The van der Waals surface area contributed by atoms with Crippen LogP contribution in [0.2, 0.25) is 0 Å². The summed E-state index contributed by atoms with van der Waals surface area (Å²) < 4.78 is 13.8. The van der Waals surface area contributed by atoms with Crippen LogP contribution in [-0.2, 0) is 12.8 Å². The average Bonchev–Trinajstić information content (AvgIpc) is 3.19. The molecule has 0 amide bonds. The molecule has 120 valence electrons. The predicted molar refractivity (Wildman–Crippen MR) is 100 cm³/mol. The first-order valence-corrected chi connectivity index (χ1v) is 9.37. The topological polar surface area (TPSA) is 47.6 Å². The number of hydrogen-bond acceptors (Lipinski definition) is 4. The van der Waals surface area contributed by atoms with Crippen LogP contribution in [0, 0.1) is 28.5 Å². The van der Waals surface area contributed by atoms with Gasteiger partial charge in [-0.2, -0.15) is 10.5 Å². The van der Waals surface area contributed by atoms with Crippen molar-refractivity contribution in [3.63, 3.8) is 0 Å². The Kier molecular flexibility index (Phi) is 7.14.